The van der Waals surface area contributed by atoms with Crippen LogP contribution in [0.4, 0.5) is 0 Å². The Morgan fingerprint density at radius 2 is 2.00 bits per heavy atom. The molecule has 1 atom stereocenters. The minimum atomic E-state index is 0.0300. The zero-order valence-electron chi connectivity index (χ0n) is 9.32. The number of aromatic nitrogens is 1. The number of benzene rings is 1. The van der Waals surface area contributed by atoms with Crippen molar-refractivity contribution < 1.29 is 0 Å². The second-order valence-corrected chi connectivity index (χ2v) is 5.25. The first kappa shape index (κ1) is 10.6. The second kappa shape index (κ2) is 3.91. The van der Waals surface area contributed by atoms with E-state index in [4.69, 9.17) is 5.73 Å². The van der Waals surface area contributed by atoms with Gasteiger partial charge in [-0.2, -0.15) is 0 Å². The molecule has 80 valence electrons. The van der Waals surface area contributed by atoms with Crippen molar-refractivity contribution >= 4 is 21.6 Å². The number of nitrogens with two attached hydrogens (primary N) is 1. The summed E-state index contributed by atoms with van der Waals surface area (Å²) in [6, 6.07) is 6.39. The second-order valence-electron chi connectivity index (χ2n) is 4.19. The summed E-state index contributed by atoms with van der Waals surface area (Å²) in [6.45, 7) is 6.37. The maximum Gasteiger partial charge on any atom is 0.110 e. The van der Waals surface area contributed by atoms with Crippen LogP contribution in [0.2, 0.25) is 0 Å². The Hall–Kier alpha value is -0.930. The molecule has 2 N–H and O–H groups in total. The van der Waals surface area contributed by atoms with Gasteiger partial charge in [0.15, 0.2) is 0 Å². The molecule has 1 heterocycles. The van der Waals surface area contributed by atoms with Crippen LogP contribution in [0, 0.1) is 0 Å². The average molecular weight is 220 g/mol. The Bertz CT molecular complexity index is 471. The highest BCUT2D eigenvalue weighted by Crippen LogP contribution is 2.30. The number of fused-ring (bicyclic) bond motifs is 1. The molecule has 0 radical (unpaired) electrons. The predicted octanol–water partition coefficient (Wildman–Crippen LogP) is 3.44. The van der Waals surface area contributed by atoms with E-state index in [0.717, 1.165) is 10.5 Å². The normalized spacial score (nSPS) is 13.7. The molecule has 0 fully saturated rings. The third kappa shape index (κ3) is 1.90. The van der Waals surface area contributed by atoms with Gasteiger partial charge in [-0.3, -0.25) is 0 Å². The van der Waals surface area contributed by atoms with E-state index in [1.807, 2.05) is 6.92 Å². The molecule has 0 aliphatic heterocycles. The van der Waals surface area contributed by atoms with Gasteiger partial charge in [0, 0.05) is 0 Å². The summed E-state index contributed by atoms with van der Waals surface area (Å²) in [5.41, 5.74) is 8.30. The molecule has 1 aromatic carbocycles. The van der Waals surface area contributed by atoms with Gasteiger partial charge in [-0.05, 0) is 24.5 Å². The molecule has 0 bridgehead atoms. The molecule has 2 rings (SSSR count). The zero-order chi connectivity index (χ0) is 11.0. The lowest BCUT2D eigenvalue weighted by Crippen LogP contribution is -2.03. The number of hydrogen-bond donors (Lipinski definition) is 1. The number of para-hydroxylation sites is 1. The quantitative estimate of drug-likeness (QED) is 0.842. The van der Waals surface area contributed by atoms with Crippen molar-refractivity contribution in [1.29, 1.82) is 0 Å². The summed E-state index contributed by atoms with van der Waals surface area (Å²) in [6.07, 6.45) is 0. The molecular weight excluding hydrogens is 204 g/mol. The largest absolute Gasteiger partial charge is 0.322 e. The van der Waals surface area contributed by atoms with Crippen LogP contribution in [0.15, 0.2) is 18.2 Å². The van der Waals surface area contributed by atoms with Crippen LogP contribution in [0.25, 0.3) is 10.2 Å². The maximum absolute atomic E-state index is 5.85. The number of hydrogen-bond acceptors (Lipinski definition) is 3. The fourth-order valence-corrected chi connectivity index (χ4v) is 2.60. The van der Waals surface area contributed by atoms with Crippen molar-refractivity contribution in [3.63, 3.8) is 0 Å². The molecule has 2 nitrogen and oxygen atoms in total. The van der Waals surface area contributed by atoms with E-state index in [2.05, 4.69) is 37.0 Å². The van der Waals surface area contributed by atoms with E-state index in [1.54, 1.807) is 11.3 Å². The summed E-state index contributed by atoms with van der Waals surface area (Å²) < 4.78 is 1.24. The van der Waals surface area contributed by atoms with Crippen LogP contribution >= 0.6 is 11.3 Å². The minimum Gasteiger partial charge on any atom is -0.322 e. The zero-order valence-corrected chi connectivity index (χ0v) is 10.1. The van der Waals surface area contributed by atoms with Gasteiger partial charge < -0.3 is 5.73 Å². The fraction of sp³-hybridized carbons (Fsp3) is 0.417. The first-order valence-electron chi connectivity index (χ1n) is 5.24. The number of rotatable bonds is 2. The molecule has 3 heteroatoms. The van der Waals surface area contributed by atoms with Crippen LogP contribution in [0.5, 0.6) is 0 Å². The van der Waals surface area contributed by atoms with Gasteiger partial charge in [-0.15, -0.1) is 11.3 Å². The van der Waals surface area contributed by atoms with Crippen molar-refractivity contribution in [1.82, 2.24) is 4.98 Å². The SMILES string of the molecule is CC(C)c1cccc2sc(C(C)N)nc12. The van der Waals surface area contributed by atoms with E-state index in [9.17, 15) is 0 Å². The average Bonchev–Trinajstić information content (AvgIpc) is 2.60. The standard InChI is InChI=1S/C12H16N2S/c1-7(2)9-5-4-6-10-11(9)14-12(15-10)8(3)13/h4-8H,13H2,1-3H3. The molecule has 0 saturated heterocycles. The van der Waals surface area contributed by atoms with E-state index >= 15 is 0 Å². The molecule has 0 saturated carbocycles. The predicted molar refractivity (Wildman–Crippen MR) is 66.3 cm³/mol. The first-order chi connectivity index (χ1) is 7.09. The van der Waals surface area contributed by atoms with Crippen molar-refractivity contribution in [2.75, 3.05) is 0 Å². The van der Waals surface area contributed by atoms with Gasteiger partial charge in [0.25, 0.3) is 0 Å². The van der Waals surface area contributed by atoms with Crippen LogP contribution in [-0.2, 0) is 0 Å². The summed E-state index contributed by atoms with van der Waals surface area (Å²) in [7, 11) is 0. The highest BCUT2D eigenvalue weighted by atomic mass is 32.1. The van der Waals surface area contributed by atoms with Gasteiger partial charge in [0.05, 0.1) is 16.3 Å². The molecule has 0 amide bonds. The highest BCUT2D eigenvalue weighted by Gasteiger charge is 2.11. The molecule has 1 unspecified atom stereocenters. The van der Waals surface area contributed by atoms with Crippen molar-refractivity contribution in [3.05, 3.63) is 28.8 Å². The number of thiazole rings is 1. The van der Waals surface area contributed by atoms with Gasteiger partial charge >= 0.3 is 0 Å². The maximum atomic E-state index is 5.85. The molecule has 0 aliphatic carbocycles. The molecule has 0 spiro atoms. The monoisotopic (exact) mass is 220 g/mol. The Morgan fingerprint density at radius 3 is 2.60 bits per heavy atom. The molecule has 0 aliphatic rings. The van der Waals surface area contributed by atoms with Gasteiger partial charge in [0.1, 0.15) is 5.01 Å². The summed E-state index contributed by atoms with van der Waals surface area (Å²) in [4.78, 5) is 4.63. The Morgan fingerprint density at radius 1 is 1.27 bits per heavy atom. The van der Waals surface area contributed by atoms with E-state index in [-0.39, 0.29) is 6.04 Å². The van der Waals surface area contributed by atoms with Gasteiger partial charge in [-0.25, -0.2) is 4.98 Å². The third-order valence-electron chi connectivity index (χ3n) is 2.48. The lowest BCUT2D eigenvalue weighted by Gasteiger charge is -2.04. The summed E-state index contributed by atoms with van der Waals surface area (Å²) in [5, 5.41) is 1.03. The first-order valence-corrected chi connectivity index (χ1v) is 6.06. The molecule has 1 aromatic heterocycles. The third-order valence-corrected chi connectivity index (χ3v) is 3.70. The molecule has 15 heavy (non-hydrogen) atoms. The Kier molecular flexibility index (Phi) is 2.76. The minimum absolute atomic E-state index is 0.0300. The van der Waals surface area contributed by atoms with Crippen LogP contribution in [0.3, 0.4) is 0 Å². The lowest BCUT2D eigenvalue weighted by molar-refractivity contribution is 0.807. The molecule has 2 aromatic rings. The van der Waals surface area contributed by atoms with E-state index in [1.165, 1.54) is 10.3 Å². The van der Waals surface area contributed by atoms with Gasteiger partial charge in [-0.1, -0.05) is 26.0 Å². The topological polar surface area (TPSA) is 38.9 Å². The van der Waals surface area contributed by atoms with Crippen molar-refractivity contribution in [3.8, 4) is 0 Å². The van der Waals surface area contributed by atoms with Gasteiger partial charge in [0.2, 0.25) is 0 Å². The van der Waals surface area contributed by atoms with Crippen molar-refractivity contribution in [2.45, 2.75) is 32.7 Å². The van der Waals surface area contributed by atoms with Crippen LogP contribution < -0.4 is 5.73 Å². The smallest absolute Gasteiger partial charge is 0.110 e. The van der Waals surface area contributed by atoms with E-state index < -0.39 is 0 Å². The summed E-state index contributed by atoms with van der Waals surface area (Å²) >= 11 is 1.70. The fourth-order valence-electron chi connectivity index (χ4n) is 1.65. The number of nitrogens with zero attached hydrogens (tertiary/aromatic N) is 1. The Labute approximate surface area is 94.1 Å². The lowest BCUT2D eigenvalue weighted by atomic mass is 10.0. The summed E-state index contributed by atoms with van der Waals surface area (Å²) in [5.74, 6) is 0.511. The molecular formula is C12H16N2S. The Balaban J connectivity index is 2.64. The van der Waals surface area contributed by atoms with Crippen LogP contribution in [-0.4, -0.2) is 4.98 Å². The van der Waals surface area contributed by atoms with Crippen LogP contribution in [0.1, 0.15) is 43.3 Å². The highest BCUT2D eigenvalue weighted by molar-refractivity contribution is 7.18. The van der Waals surface area contributed by atoms with E-state index in [0.29, 0.717) is 5.92 Å². The van der Waals surface area contributed by atoms with Crippen molar-refractivity contribution in [2.24, 2.45) is 5.73 Å².